The van der Waals surface area contributed by atoms with Gasteiger partial charge in [-0.2, -0.15) is 0 Å². The Balaban J connectivity index is 1.10. The van der Waals surface area contributed by atoms with E-state index in [9.17, 15) is 24.0 Å². The van der Waals surface area contributed by atoms with Crippen molar-refractivity contribution in [2.24, 2.45) is 0 Å². The lowest BCUT2D eigenvalue weighted by molar-refractivity contribution is -0.197. The molecule has 2 aromatic rings. The summed E-state index contributed by atoms with van der Waals surface area (Å²) in [6.07, 6.45) is 5.39. The first-order valence-electron chi connectivity index (χ1n) is 14.8. The molecule has 1 aliphatic carbocycles. The molecule has 11 heteroatoms. The minimum absolute atomic E-state index is 0.00109. The van der Waals surface area contributed by atoms with Crippen LogP contribution < -0.4 is 5.32 Å². The van der Waals surface area contributed by atoms with E-state index < -0.39 is 17.8 Å². The number of hydroxylamine groups is 2. The highest BCUT2D eigenvalue weighted by molar-refractivity contribution is 6.42. The molecule has 2 atom stereocenters. The summed E-state index contributed by atoms with van der Waals surface area (Å²) in [5.41, 5.74) is 3.48. The number of imide groups is 1. The van der Waals surface area contributed by atoms with Crippen molar-refractivity contribution in [3.8, 4) is 0 Å². The van der Waals surface area contributed by atoms with E-state index in [-0.39, 0.29) is 49.5 Å². The molecule has 2 aromatic carbocycles. The number of rotatable bonds is 14. The number of unbranched alkanes of at least 4 members (excludes halogenated alkanes) is 4. The highest BCUT2D eigenvalue weighted by Crippen LogP contribution is 2.47. The molecule has 1 saturated heterocycles. The van der Waals surface area contributed by atoms with Crippen LogP contribution in [0.4, 0.5) is 0 Å². The second-order valence-corrected chi connectivity index (χ2v) is 11.8. The van der Waals surface area contributed by atoms with Crippen LogP contribution in [-0.4, -0.2) is 53.2 Å². The van der Waals surface area contributed by atoms with Gasteiger partial charge in [0, 0.05) is 45.2 Å². The van der Waals surface area contributed by atoms with Gasteiger partial charge in [-0.05, 0) is 48.1 Å². The molecule has 0 saturated carbocycles. The number of nitrogens with zero attached hydrogens (tertiary/aromatic N) is 2. The molecule has 2 aliphatic rings. The molecular weight excluding hydrogens is 593 g/mol. The van der Waals surface area contributed by atoms with Gasteiger partial charge < -0.3 is 15.1 Å². The van der Waals surface area contributed by atoms with Gasteiger partial charge in [-0.3, -0.25) is 19.2 Å². The number of benzene rings is 2. The number of carbonyl (C=O) groups excluding carboxylic acids is 5. The zero-order chi connectivity index (χ0) is 30.9. The Morgan fingerprint density at radius 3 is 2.28 bits per heavy atom. The van der Waals surface area contributed by atoms with Crippen molar-refractivity contribution >= 4 is 52.8 Å². The molecule has 0 unspecified atom stereocenters. The summed E-state index contributed by atoms with van der Waals surface area (Å²) < 4.78 is 0. The van der Waals surface area contributed by atoms with Crippen molar-refractivity contribution in [2.45, 2.75) is 82.6 Å². The highest BCUT2D eigenvalue weighted by Gasteiger charge is 2.36. The van der Waals surface area contributed by atoms with Gasteiger partial charge in [-0.15, -0.1) is 5.06 Å². The van der Waals surface area contributed by atoms with Gasteiger partial charge in [0.1, 0.15) is 0 Å². The van der Waals surface area contributed by atoms with Crippen LogP contribution >= 0.6 is 23.2 Å². The minimum atomic E-state index is -0.789. The van der Waals surface area contributed by atoms with Crippen LogP contribution in [0.15, 0.2) is 42.5 Å². The van der Waals surface area contributed by atoms with Crippen molar-refractivity contribution in [2.75, 3.05) is 13.6 Å². The van der Waals surface area contributed by atoms with Crippen LogP contribution in [0.2, 0.25) is 10.0 Å². The number of halogens is 2. The van der Waals surface area contributed by atoms with Crippen LogP contribution in [0.5, 0.6) is 0 Å². The van der Waals surface area contributed by atoms with Crippen molar-refractivity contribution in [1.82, 2.24) is 15.3 Å². The molecule has 4 amide bonds. The quantitative estimate of drug-likeness (QED) is 0.206. The Labute approximate surface area is 261 Å². The van der Waals surface area contributed by atoms with Crippen molar-refractivity contribution < 1.29 is 28.8 Å². The fourth-order valence-corrected chi connectivity index (χ4v) is 5.95. The van der Waals surface area contributed by atoms with Crippen LogP contribution in [-0.2, 0) is 28.8 Å². The maximum Gasteiger partial charge on any atom is 0.333 e. The van der Waals surface area contributed by atoms with E-state index in [1.165, 1.54) is 11.1 Å². The number of nitrogens with one attached hydrogen (secondary N) is 1. The van der Waals surface area contributed by atoms with E-state index in [1.54, 1.807) is 0 Å². The summed E-state index contributed by atoms with van der Waals surface area (Å²) in [6, 6.07) is 14.0. The zero-order valence-corrected chi connectivity index (χ0v) is 25.8. The average Bonchev–Trinajstić information content (AvgIpc) is 3.53. The van der Waals surface area contributed by atoms with E-state index in [1.807, 2.05) is 42.3 Å². The Hall–Kier alpha value is -3.43. The molecule has 230 valence electrons. The molecule has 1 heterocycles. The number of hydrogen-bond donors (Lipinski definition) is 1. The van der Waals surface area contributed by atoms with Gasteiger partial charge in [0.2, 0.25) is 11.8 Å². The topological polar surface area (TPSA) is 113 Å². The summed E-state index contributed by atoms with van der Waals surface area (Å²) in [6.45, 7) is 0.486. The molecule has 1 fully saturated rings. The average molecular weight is 631 g/mol. The normalized spacial score (nSPS) is 17.6. The fourth-order valence-electron chi connectivity index (χ4n) is 5.64. The largest absolute Gasteiger partial charge is 0.356 e. The van der Waals surface area contributed by atoms with E-state index in [0.29, 0.717) is 28.1 Å². The van der Waals surface area contributed by atoms with E-state index in [2.05, 4.69) is 17.4 Å². The molecule has 0 radical (unpaired) electrons. The number of carbonyl (C=O) groups is 5. The fraction of sp³-hybridized carbons (Fsp3) is 0.469. The van der Waals surface area contributed by atoms with Gasteiger partial charge in [0.05, 0.1) is 22.5 Å². The highest BCUT2D eigenvalue weighted by atomic mass is 35.5. The summed E-state index contributed by atoms with van der Waals surface area (Å²) in [5.74, 6) is -1.91. The van der Waals surface area contributed by atoms with Crippen LogP contribution in [0, 0.1) is 0 Å². The molecule has 43 heavy (non-hydrogen) atoms. The summed E-state index contributed by atoms with van der Waals surface area (Å²) in [5, 5.41) is 4.30. The predicted octanol–water partition coefficient (Wildman–Crippen LogP) is 5.87. The van der Waals surface area contributed by atoms with Gasteiger partial charge in [0.15, 0.2) is 0 Å². The monoisotopic (exact) mass is 629 g/mol. The Morgan fingerprint density at radius 1 is 0.884 bits per heavy atom. The lowest BCUT2D eigenvalue weighted by atomic mass is 9.93. The minimum Gasteiger partial charge on any atom is -0.356 e. The molecule has 0 bridgehead atoms. The van der Waals surface area contributed by atoms with Crippen LogP contribution in [0.25, 0.3) is 0 Å². The van der Waals surface area contributed by atoms with Gasteiger partial charge >= 0.3 is 5.97 Å². The molecule has 0 aromatic heterocycles. The van der Waals surface area contributed by atoms with Crippen molar-refractivity contribution in [1.29, 1.82) is 0 Å². The molecule has 0 spiro atoms. The number of amides is 4. The Morgan fingerprint density at radius 2 is 1.56 bits per heavy atom. The van der Waals surface area contributed by atoms with E-state index in [4.69, 9.17) is 28.0 Å². The van der Waals surface area contributed by atoms with Gasteiger partial charge in [-0.25, -0.2) is 4.79 Å². The molecule has 1 aliphatic heterocycles. The lowest BCUT2D eigenvalue weighted by Crippen LogP contribution is -2.32. The zero-order valence-electron chi connectivity index (χ0n) is 24.3. The van der Waals surface area contributed by atoms with Gasteiger partial charge in [-0.1, -0.05) is 72.8 Å². The second kappa shape index (κ2) is 15.3. The summed E-state index contributed by atoms with van der Waals surface area (Å²) in [4.78, 5) is 66.5. The Kier molecular flexibility index (Phi) is 11.6. The van der Waals surface area contributed by atoms with Crippen molar-refractivity contribution in [3.63, 3.8) is 0 Å². The summed E-state index contributed by atoms with van der Waals surface area (Å²) >= 11 is 12.4. The first-order chi connectivity index (χ1) is 20.7. The molecular formula is C32H37Cl2N3O6. The molecule has 4 rings (SSSR count). The molecule has 9 nitrogen and oxygen atoms in total. The number of hydrogen-bond acceptors (Lipinski definition) is 6. The third kappa shape index (κ3) is 8.57. The lowest BCUT2D eigenvalue weighted by Gasteiger charge is -2.26. The standard InChI is InChI=1S/C32H37Cl2N3O6/c1-36(27-20-24(22-9-6-7-10-23(22)27)21-12-13-25(33)26(34)19-21)29(39)11-5-3-2-4-8-18-35-28(38)14-17-32(42)43-37-30(40)15-16-31(37)41/h6-7,9-10,12-13,19,24,27H,2-5,8,11,14-18,20H2,1H3,(H,35,38)/t24-,27+/m0/s1. The van der Waals surface area contributed by atoms with Gasteiger partial charge in [0.25, 0.3) is 11.8 Å². The van der Waals surface area contributed by atoms with Crippen LogP contribution in [0.1, 0.15) is 99.3 Å². The van der Waals surface area contributed by atoms with Crippen LogP contribution in [0.3, 0.4) is 0 Å². The maximum absolute atomic E-state index is 13.1. The predicted molar refractivity (Wildman–Crippen MR) is 162 cm³/mol. The van der Waals surface area contributed by atoms with E-state index >= 15 is 0 Å². The van der Waals surface area contributed by atoms with Crippen molar-refractivity contribution in [3.05, 3.63) is 69.2 Å². The smallest absolute Gasteiger partial charge is 0.333 e. The third-order valence-electron chi connectivity index (χ3n) is 8.04. The maximum atomic E-state index is 13.1. The van der Waals surface area contributed by atoms with E-state index in [0.717, 1.165) is 44.1 Å². The first-order valence-corrected chi connectivity index (χ1v) is 15.5. The summed E-state index contributed by atoms with van der Waals surface area (Å²) in [7, 11) is 1.88. The first kappa shape index (κ1) is 32.5. The Bertz CT molecular complexity index is 1350. The number of fused-ring (bicyclic) bond motifs is 1. The second-order valence-electron chi connectivity index (χ2n) is 11.0. The molecule has 1 N–H and O–H groups in total. The third-order valence-corrected chi connectivity index (χ3v) is 8.78. The SMILES string of the molecule is CN(C(=O)CCCCCCCNC(=O)CCC(=O)ON1C(=O)CCC1=O)[C@@H]1C[C@@H](c2ccc(Cl)c(Cl)c2)c2ccccc21.